The highest BCUT2D eigenvalue weighted by molar-refractivity contribution is 6.32. The van der Waals surface area contributed by atoms with Crippen LogP contribution in [0.4, 0.5) is 8.78 Å². The first-order chi connectivity index (χ1) is 9.93. The maximum absolute atomic E-state index is 13.5. The molecule has 0 aliphatic rings. The first-order valence-electron chi connectivity index (χ1n) is 6.58. The van der Waals surface area contributed by atoms with Crippen LogP contribution in [-0.4, -0.2) is 6.54 Å². The molecule has 0 heterocycles. The summed E-state index contributed by atoms with van der Waals surface area (Å²) in [5.74, 6) is -1.88. The maximum Gasteiger partial charge on any atom is 0.160 e. The average molecular weight is 330 g/mol. The van der Waals surface area contributed by atoms with E-state index in [1.807, 2.05) is 32.0 Å². The molecule has 0 amide bonds. The molecule has 1 unspecified atom stereocenters. The van der Waals surface area contributed by atoms with Gasteiger partial charge in [0, 0.05) is 10.0 Å². The Bertz CT molecular complexity index is 659. The van der Waals surface area contributed by atoms with Crippen LogP contribution in [0.3, 0.4) is 0 Å². The SMILES string of the molecule is CCNC(c1ccc(C)c(Cl)c1)c1cc(F)c(F)cc1Cl. The van der Waals surface area contributed by atoms with Crippen LogP contribution < -0.4 is 5.32 Å². The van der Waals surface area contributed by atoms with Gasteiger partial charge in [-0.1, -0.05) is 42.3 Å². The Hall–Kier alpha value is -1.16. The standard InChI is InChI=1S/C16H15Cl2F2N/c1-3-21-16(10-5-4-9(2)12(17)6-10)11-7-14(19)15(20)8-13(11)18/h4-8,16,21H,3H2,1-2H3. The Morgan fingerprint density at radius 1 is 1.05 bits per heavy atom. The van der Waals surface area contributed by atoms with Gasteiger partial charge in [0.2, 0.25) is 0 Å². The second kappa shape index (κ2) is 6.73. The zero-order valence-corrected chi connectivity index (χ0v) is 13.2. The second-order valence-electron chi connectivity index (χ2n) is 4.79. The van der Waals surface area contributed by atoms with Gasteiger partial charge < -0.3 is 5.32 Å². The van der Waals surface area contributed by atoms with E-state index >= 15 is 0 Å². The molecule has 0 aliphatic carbocycles. The van der Waals surface area contributed by atoms with E-state index in [9.17, 15) is 8.78 Å². The van der Waals surface area contributed by atoms with Crippen molar-refractivity contribution in [2.75, 3.05) is 6.54 Å². The summed E-state index contributed by atoms with van der Waals surface area (Å²) >= 11 is 12.2. The van der Waals surface area contributed by atoms with Crippen LogP contribution in [0.5, 0.6) is 0 Å². The van der Waals surface area contributed by atoms with E-state index in [2.05, 4.69) is 5.32 Å². The fourth-order valence-corrected chi connectivity index (χ4v) is 2.61. The van der Waals surface area contributed by atoms with Crippen LogP contribution in [0.2, 0.25) is 10.0 Å². The van der Waals surface area contributed by atoms with Crippen molar-refractivity contribution < 1.29 is 8.78 Å². The van der Waals surface area contributed by atoms with Crippen LogP contribution in [0.15, 0.2) is 30.3 Å². The summed E-state index contributed by atoms with van der Waals surface area (Å²) < 4.78 is 26.8. The van der Waals surface area contributed by atoms with Gasteiger partial charge in [-0.3, -0.25) is 0 Å². The van der Waals surface area contributed by atoms with Crippen LogP contribution in [-0.2, 0) is 0 Å². The molecular formula is C16H15Cl2F2N. The molecule has 0 radical (unpaired) electrons. The predicted octanol–water partition coefficient (Wildman–Crippen LogP) is 5.28. The first kappa shape index (κ1) is 16.2. The van der Waals surface area contributed by atoms with Gasteiger partial charge in [0.25, 0.3) is 0 Å². The third kappa shape index (κ3) is 3.54. The van der Waals surface area contributed by atoms with Crippen molar-refractivity contribution in [2.45, 2.75) is 19.9 Å². The fraction of sp³-hybridized carbons (Fsp3) is 0.250. The Labute approximate surface area is 132 Å². The normalized spacial score (nSPS) is 12.5. The summed E-state index contributed by atoms with van der Waals surface area (Å²) in [4.78, 5) is 0. The van der Waals surface area contributed by atoms with Crippen LogP contribution >= 0.6 is 23.2 Å². The topological polar surface area (TPSA) is 12.0 Å². The third-order valence-electron chi connectivity index (χ3n) is 3.29. The van der Waals surface area contributed by atoms with Crippen LogP contribution in [0, 0.1) is 18.6 Å². The van der Waals surface area contributed by atoms with E-state index in [1.165, 1.54) is 0 Å². The number of halogens is 4. The number of aryl methyl sites for hydroxylation is 1. The van der Waals surface area contributed by atoms with Gasteiger partial charge in [0.15, 0.2) is 11.6 Å². The molecule has 0 bridgehead atoms. The molecule has 0 saturated carbocycles. The molecule has 0 saturated heterocycles. The molecule has 0 fully saturated rings. The number of rotatable bonds is 4. The zero-order chi connectivity index (χ0) is 15.6. The fourth-order valence-electron chi connectivity index (χ4n) is 2.16. The van der Waals surface area contributed by atoms with Gasteiger partial charge in [-0.15, -0.1) is 0 Å². The number of nitrogens with one attached hydrogen (secondary N) is 1. The minimum absolute atomic E-state index is 0.177. The van der Waals surface area contributed by atoms with Crippen molar-refractivity contribution in [3.05, 3.63) is 68.7 Å². The lowest BCUT2D eigenvalue weighted by Crippen LogP contribution is -2.22. The maximum atomic E-state index is 13.5. The summed E-state index contributed by atoms with van der Waals surface area (Å²) in [6.07, 6.45) is 0. The van der Waals surface area contributed by atoms with E-state index in [-0.39, 0.29) is 11.1 Å². The molecule has 1 nitrogen and oxygen atoms in total. The molecule has 1 N–H and O–H groups in total. The third-order valence-corrected chi connectivity index (χ3v) is 4.02. The lowest BCUT2D eigenvalue weighted by molar-refractivity contribution is 0.504. The summed E-state index contributed by atoms with van der Waals surface area (Å²) in [6, 6.07) is 7.35. The molecule has 2 aromatic rings. The van der Waals surface area contributed by atoms with E-state index < -0.39 is 11.6 Å². The lowest BCUT2D eigenvalue weighted by atomic mass is 9.97. The van der Waals surface area contributed by atoms with Crippen molar-refractivity contribution in [1.82, 2.24) is 5.32 Å². The van der Waals surface area contributed by atoms with Crippen LogP contribution in [0.1, 0.15) is 29.7 Å². The van der Waals surface area contributed by atoms with Gasteiger partial charge in [-0.05, 0) is 48.4 Å². The summed E-state index contributed by atoms with van der Waals surface area (Å²) in [5, 5.41) is 4.01. The monoisotopic (exact) mass is 329 g/mol. The highest BCUT2D eigenvalue weighted by Gasteiger charge is 2.19. The molecular weight excluding hydrogens is 315 g/mol. The molecule has 1 atom stereocenters. The number of benzene rings is 2. The lowest BCUT2D eigenvalue weighted by Gasteiger charge is -2.21. The van der Waals surface area contributed by atoms with Gasteiger partial charge in [-0.2, -0.15) is 0 Å². The Morgan fingerprint density at radius 2 is 1.71 bits per heavy atom. The highest BCUT2D eigenvalue weighted by atomic mass is 35.5. The number of hydrogen-bond acceptors (Lipinski definition) is 1. The highest BCUT2D eigenvalue weighted by Crippen LogP contribution is 2.32. The molecule has 2 rings (SSSR count). The second-order valence-corrected chi connectivity index (χ2v) is 5.60. The molecule has 2 aromatic carbocycles. The van der Waals surface area contributed by atoms with E-state index in [1.54, 1.807) is 0 Å². The van der Waals surface area contributed by atoms with Crippen molar-refractivity contribution in [3.63, 3.8) is 0 Å². The Morgan fingerprint density at radius 3 is 2.33 bits per heavy atom. The predicted molar refractivity (Wildman–Crippen MR) is 83.1 cm³/mol. The first-order valence-corrected chi connectivity index (χ1v) is 7.33. The van der Waals surface area contributed by atoms with Gasteiger partial charge in [0.1, 0.15) is 0 Å². The minimum Gasteiger partial charge on any atom is -0.306 e. The summed E-state index contributed by atoms with van der Waals surface area (Å²) in [6.45, 7) is 4.47. The smallest absolute Gasteiger partial charge is 0.160 e. The van der Waals surface area contributed by atoms with Crippen molar-refractivity contribution in [1.29, 1.82) is 0 Å². The van der Waals surface area contributed by atoms with Crippen LogP contribution in [0.25, 0.3) is 0 Å². The molecule has 0 aliphatic heterocycles. The van der Waals surface area contributed by atoms with Gasteiger partial charge in [0.05, 0.1) is 6.04 Å². The summed E-state index contributed by atoms with van der Waals surface area (Å²) in [5.41, 5.74) is 2.28. The van der Waals surface area contributed by atoms with Gasteiger partial charge >= 0.3 is 0 Å². The minimum atomic E-state index is -0.957. The Balaban J connectivity index is 2.52. The molecule has 0 spiro atoms. The van der Waals surface area contributed by atoms with Gasteiger partial charge in [-0.25, -0.2) is 8.78 Å². The quantitative estimate of drug-likeness (QED) is 0.752. The Kier molecular flexibility index (Phi) is 5.20. The van der Waals surface area contributed by atoms with E-state index in [4.69, 9.17) is 23.2 Å². The summed E-state index contributed by atoms with van der Waals surface area (Å²) in [7, 11) is 0. The molecule has 112 valence electrons. The number of hydrogen-bond donors (Lipinski definition) is 1. The molecule has 0 aromatic heterocycles. The molecule has 5 heteroatoms. The van der Waals surface area contributed by atoms with Crippen molar-refractivity contribution in [3.8, 4) is 0 Å². The molecule has 21 heavy (non-hydrogen) atoms. The largest absolute Gasteiger partial charge is 0.306 e. The van der Waals surface area contributed by atoms with Crippen molar-refractivity contribution >= 4 is 23.2 Å². The zero-order valence-electron chi connectivity index (χ0n) is 11.7. The van der Waals surface area contributed by atoms with E-state index in [0.717, 1.165) is 23.3 Å². The average Bonchev–Trinajstić information content (AvgIpc) is 2.44. The van der Waals surface area contributed by atoms with E-state index in [0.29, 0.717) is 17.1 Å². The van der Waals surface area contributed by atoms with Crippen molar-refractivity contribution in [2.24, 2.45) is 0 Å².